The van der Waals surface area contributed by atoms with E-state index in [0.29, 0.717) is 0 Å². The fourth-order valence-electron chi connectivity index (χ4n) is 2.85. The minimum Gasteiger partial charge on any atom is -0.320 e. The van der Waals surface area contributed by atoms with E-state index in [2.05, 4.69) is 48.2 Å². The summed E-state index contributed by atoms with van der Waals surface area (Å²) in [5.41, 5.74) is 5.55. The summed E-state index contributed by atoms with van der Waals surface area (Å²) >= 11 is 0. The lowest BCUT2D eigenvalue weighted by Crippen LogP contribution is -2.26. The van der Waals surface area contributed by atoms with Gasteiger partial charge in [-0.3, -0.25) is 0 Å². The summed E-state index contributed by atoms with van der Waals surface area (Å²) in [6, 6.07) is 6.69. The maximum absolute atomic E-state index is 3.95. The number of likely N-dealkylation sites (N-methyl/N-ethyl adjacent to an activating group) is 1. The van der Waals surface area contributed by atoms with Gasteiger partial charge in [0.15, 0.2) is 0 Å². The van der Waals surface area contributed by atoms with Gasteiger partial charge in [0.05, 0.1) is 5.52 Å². The molecule has 0 unspecified atom stereocenters. The van der Waals surface area contributed by atoms with Crippen molar-refractivity contribution in [1.29, 1.82) is 0 Å². The number of benzene rings is 1. The second-order valence-corrected chi connectivity index (χ2v) is 4.99. The molecule has 3 rings (SSSR count). The number of rotatable bonds is 1. The van der Waals surface area contributed by atoms with Crippen molar-refractivity contribution in [1.82, 2.24) is 9.47 Å². The Labute approximate surface area is 102 Å². The van der Waals surface area contributed by atoms with Gasteiger partial charge in [-0.2, -0.15) is 0 Å². The van der Waals surface area contributed by atoms with Crippen LogP contribution in [0.3, 0.4) is 0 Å². The number of fused-ring (bicyclic) bond motifs is 3. The zero-order chi connectivity index (χ0) is 12.0. The van der Waals surface area contributed by atoms with Crippen LogP contribution >= 0.6 is 0 Å². The molecular weight excluding hydrogens is 208 g/mol. The van der Waals surface area contributed by atoms with Crippen LogP contribution in [0.4, 0.5) is 0 Å². The third-order valence-corrected chi connectivity index (χ3v) is 3.72. The molecule has 0 bridgehead atoms. The Morgan fingerprint density at radius 3 is 2.94 bits per heavy atom. The van der Waals surface area contributed by atoms with Gasteiger partial charge in [-0.05, 0) is 31.7 Å². The molecule has 0 N–H and O–H groups in total. The van der Waals surface area contributed by atoms with Gasteiger partial charge in [0.1, 0.15) is 0 Å². The monoisotopic (exact) mass is 226 g/mol. The van der Waals surface area contributed by atoms with Crippen molar-refractivity contribution in [2.75, 3.05) is 13.6 Å². The third-order valence-electron chi connectivity index (χ3n) is 3.72. The van der Waals surface area contributed by atoms with Gasteiger partial charge in [-0.25, -0.2) is 0 Å². The predicted molar refractivity (Wildman–Crippen MR) is 73.1 cm³/mol. The van der Waals surface area contributed by atoms with E-state index in [4.69, 9.17) is 0 Å². The van der Waals surface area contributed by atoms with Gasteiger partial charge in [0.2, 0.25) is 0 Å². The van der Waals surface area contributed by atoms with E-state index in [0.717, 1.165) is 19.5 Å². The quantitative estimate of drug-likeness (QED) is 0.725. The minimum atomic E-state index is 1.05. The summed E-state index contributed by atoms with van der Waals surface area (Å²) < 4.78 is 2.26. The molecule has 0 saturated heterocycles. The molecule has 1 aromatic heterocycles. The lowest BCUT2D eigenvalue weighted by atomic mass is 10.0. The summed E-state index contributed by atoms with van der Waals surface area (Å²) in [5.74, 6) is 0. The molecule has 2 nitrogen and oxygen atoms in total. The lowest BCUT2D eigenvalue weighted by Gasteiger charge is -2.23. The Balaban J connectivity index is 2.36. The second kappa shape index (κ2) is 3.74. The van der Waals surface area contributed by atoms with Gasteiger partial charge in [-0.1, -0.05) is 18.2 Å². The molecule has 1 aliphatic rings. The number of hydrogen-bond acceptors (Lipinski definition) is 1. The van der Waals surface area contributed by atoms with Crippen LogP contribution in [0.15, 0.2) is 24.8 Å². The van der Waals surface area contributed by atoms with Gasteiger partial charge in [0.25, 0.3) is 0 Å². The average Bonchev–Trinajstić information content (AvgIpc) is 2.62. The Morgan fingerprint density at radius 2 is 2.18 bits per heavy atom. The van der Waals surface area contributed by atoms with Crippen LogP contribution in [0.2, 0.25) is 0 Å². The molecule has 0 fully saturated rings. The van der Waals surface area contributed by atoms with E-state index in [1.165, 1.54) is 27.7 Å². The molecule has 0 saturated carbocycles. The van der Waals surface area contributed by atoms with Gasteiger partial charge < -0.3 is 9.47 Å². The smallest absolute Gasteiger partial charge is 0.0528 e. The van der Waals surface area contributed by atoms with Crippen molar-refractivity contribution in [3.8, 4) is 0 Å². The summed E-state index contributed by atoms with van der Waals surface area (Å²) in [6.07, 6.45) is 3.06. The standard InChI is InChI=1S/C15H18N2/c1-4-17-14-6-5-11(2)9-12(14)13-10-16(3)8-7-15(13)17/h4-6,9H,1,7-8,10H2,2-3H3. The van der Waals surface area contributed by atoms with Gasteiger partial charge in [0, 0.05) is 36.8 Å². The highest BCUT2D eigenvalue weighted by molar-refractivity contribution is 5.88. The normalized spacial score (nSPS) is 16.1. The highest BCUT2D eigenvalue weighted by Crippen LogP contribution is 2.31. The summed E-state index contributed by atoms with van der Waals surface area (Å²) in [6.45, 7) is 8.30. The second-order valence-electron chi connectivity index (χ2n) is 4.99. The van der Waals surface area contributed by atoms with E-state index in [1.54, 1.807) is 0 Å². The first kappa shape index (κ1) is 10.6. The fraction of sp³-hybridized carbons (Fsp3) is 0.333. The Bertz CT molecular complexity index is 592. The maximum atomic E-state index is 3.95. The molecule has 88 valence electrons. The molecule has 2 heterocycles. The molecular formula is C15H18N2. The van der Waals surface area contributed by atoms with Crippen molar-refractivity contribution < 1.29 is 0 Å². The number of aryl methyl sites for hydroxylation is 1. The number of hydrogen-bond donors (Lipinski definition) is 0. The lowest BCUT2D eigenvalue weighted by molar-refractivity contribution is 0.312. The molecule has 17 heavy (non-hydrogen) atoms. The predicted octanol–water partition coefficient (Wildman–Crippen LogP) is 3.04. The van der Waals surface area contributed by atoms with E-state index >= 15 is 0 Å². The first-order chi connectivity index (χ1) is 8.20. The molecule has 2 heteroatoms. The van der Waals surface area contributed by atoms with E-state index in [-0.39, 0.29) is 0 Å². The van der Waals surface area contributed by atoms with Crippen LogP contribution in [0.1, 0.15) is 16.8 Å². The topological polar surface area (TPSA) is 8.17 Å². The zero-order valence-corrected chi connectivity index (χ0v) is 10.5. The third kappa shape index (κ3) is 1.52. The SMILES string of the molecule is C=Cn1c2c(c3cc(C)ccc31)CN(C)CC2. The fourth-order valence-corrected chi connectivity index (χ4v) is 2.85. The molecule has 0 spiro atoms. The van der Waals surface area contributed by atoms with Crippen molar-refractivity contribution in [3.05, 3.63) is 41.6 Å². The first-order valence-electron chi connectivity index (χ1n) is 6.14. The van der Waals surface area contributed by atoms with E-state index < -0.39 is 0 Å². The summed E-state index contributed by atoms with van der Waals surface area (Å²) in [5, 5.41) is 1.39. The molecule has 2 aromatic rings. The van der Waals surface area contributed by atoms with E-state index in [9.17, 15) is 0 Å². The molecule has 0 atom stereocenters. The van der Waals surface area contributed by atoms with Gasteiger partial charge in [-0.15, -0.1) is 0 Å². The number of nitrogens with zero attached hydrogens (tertiary/aromatic N) is 2. The summed E-state index contributed by atoms with van der Waals surface area (Å²) in [7, 11) is 2.19. The zero-order valence-electron chi connectivity index (χ0n) is 10.5. The van der Waals surface area contributed by atoms with Crippen molar-refractivity contribution in [3.63, 3.8) is 0 Å². The van der Waals surface area contributed by atoms with Crippen molar-refractivity contribution in [2.45, 2.75) is 19.9 Å². The summed E-state index contributed by atoms with van der Waals surface area (Å²) in [4.78, 5) is 2.39. The molecule has 1 aromatic carbocycles. The largest absolute Gasteiger partial charge is 0.320 e. The Morgan fingerprint density at radius 1 is 1.35 bits per heavy atom. The molecule has 0 aliphatic carbocycles. The highest BCUT2D eigenvalue weighted by atomic mass is 15.1. The van der Waals surface area contributed by atoms with E-state index in [1.807, 2.05) is 6.20 Å². The van der Waals surface area contributed by atoms with Crippen LogP contribution in [0.5, 0.6) is 0 Å². The van der Waals surface area contributed by atoms with Crippen molar-refractivity contribution in [2.24, 2.45) is 0 Å². The Kier molecular flexibility index (Phi) is 2.33. The van der Waals surface area contributed by atoms with Gasteiger partial charge >= 0.3 is 0 Å². The van der Waals surface area contributed by atoms with Crippen molar-refractivity contribution >= 4 is 17.1 Å². The molecule has 1 aliphatic heterocycles. The first-order valence-corrected chi connectivity index (χ1v) is 6.14. The molecule has 0 radical (unpaired) electrons. The van der Waals surface area contributed by atoms with Crippen LogP contribution in [-0.4, -0.2) is 23.1 Å². The average molecular weight is 226 g/mol. The van der Waals surface area contributed by atoms with Crippen LogP contribution in [0.25, 0.3) is 17.1 Å². The highest BCUT2D eigenvalue weighted by Gasteiger charge is 2.21. The van der Waals surface area contributed by atoms with Crippen LogP contribution < -0.4 is 0 Å². The molecule has 0 amide bonds. The maximum Gasteiger partial charge on any atom is 0.0528 e. The Hall–Kier alpha value is -1.54. The number of aromatic nitrogens is 1. The minimum absolute atomic E-state index is 1.05. The van der Waals surface area contributed by atoms with Crippen LogP contribution in [0, 0.1) is 6.92 Å². The van der Waals surface area contributed by atoms with Crippen LogP contribution in [-0.2, 0) is 13.0 Å².